The summed E-state index contributed by atoms with van der Waals surface area (Å²) in [7, 11) is 0. The highest BCUT2D eigenvalue weighted by Crippen LogP contribution is 2.45. The summed E-state index contributed by atoms with van der Waals surface area (Å²) in [6.45, 7) is 11.4. The number of ether oxygens (including phenoxy) is 2. The van der Waals surface area contributed by atoms with Crippen LogP contribution in [-0.4, -0.2) is 18.2 Å². The first-order chi connectivity index (χ1) is 17.9. The van der Waals surface area contributed by atoms with E-state index in [0.717, 1.165) is 41.3 Å². The summed E-state index contributed by atoms with van der Waals surface area (Å²) in [4.78, 5) is 12.6. The Morgan fingerprint density at radius 2 is 1.82 bits per heavy atom. The lowest BCUT2D eigenvalue weighted by atomic mass is 9.86. The molecule has 0 spiro atoms. The smallest absolute Gasteiger partial charge is 0.417 e. The van der Waals surface area contributed by atoms with Crippen LogP contribution in [0.5, 0.6) is 5.75 Å². The van der Waals surface area contributed by atoms with E-state index in [1.807, 2.05) is 44.2 Å². The summed E-state index contributed by atoms with van der Waals surface area (Å²) in [5, 5.41) is 0.872. The van der Waals surface area contributed by atoms with Crippen molar-refractivity contribution < 1.29 is 27.4 Å². The highest BCUT2D eigenvalue weighted by molar-refractivity contribution is 7.22. The molecule has 2 aromatic carbocycles. The van der Waals surface area contributed by atoms with Crippen LogP contribution in [0.3, 0.4) is 0 Å². The molecule has 2 unspecified atom stereocenters. The molecule has 2 atom stereocenters. The third-order valence-corrected chi connectivity index (χ3v) is 8.57. The van der Waals surface area contributed by atoms with E-state index in [4.69, 9.17) is 9.47 Å². The van der Waals surface area contributed by atoms with Gasteiger partial charge >= 0.3 is 12.1 Å². The van der Waals surface area contributed by atoms with Crippen molar-refractivity contribution in [1.29, 1.82) is 0 Å². The van der Waals surface area contributed by atoms with E-state index in [0.29, 0.717) is 29.0 Å². The van der Waals surface area contributed by atoms with Crippen molar-refractivity contribution in [3.63, 3.8) is 0 Å². The van der Waals surface area contributed by atoms with Gasteiger partial charge in [-0.2, -0.15) is 13.2 Å². The lowest BCUT2D eigenvalue weighted by Gasteiger charge is -2.32. The van der Waals surface area contributed by atoms with Crippen LogP contribution in [0.4, 0.5) is 13.2 Å². The predicted octanol–water partition coefficient (Wildman–Crippen LogP) is 9.38. The number of alkyl halides is 3. The number of aryl methyl sites for hydroxylation is 1. The fourth-order valence-electron chi connectivity index (χ4n) is 5.06. The molecule has 1 aromatic heterocycles. The minimum atomic E-state index is -4.43. The standard InChI is InChI=1S/C31H35F3O3S/c1-6-7-8-9-20-10-13-23(24(16-20)31(32,33)34)26-17-21-11-12-22(18-25(21)38-26)36-27-14-15-28(30(27,4)5)37-29(35)19(2)3/h10-13,16-18,27-28H,2,6-9,14-15H2,1,3-5H3. The van der Waals surface area contributed by atoms with Crippen LogP contribution in [0.15, 0.2) is 54.6 Å². The molecule has 4 rings (SSSR count). The highest BCUT2D eigenvalue weighted by atomic mass is 32.1. The van der Waals surface area contributed by atoms with Gasteiger partial charge in [0, 0.05) is 26.1 Å². The molecule has 0 aliphatic heterocycles. The SMILES string of the molecule is C=C(C)C(=O)OC1CCC(Oc2ccc3cc(-c4ccc(CCCCC)cc4C(F)(F)F)sc3c2)C1(C)C. The maximum Gasteiger partial charge on any atom is 0.417 e. The first-order valence-corrected chi connectivity index (χ1v) is 14.0. The monoisotopic (exact) mass is 544 g/mol. The van der Waals surface area contributed by atoms with Gasteiger partial charge in [0.2, 0.25) is 0 Å². The zero-order valence-electron chi connectivity index (χ0n) is 22.4. The molecule has 0 bridgehead atoms. The molecule has 0 saturated heterocycles. The van der Waals surface area contributed by atoms with Gasteiger partial charge in [0.15, 0.2) is 0 Å². The van der Waals surface area contributed by atoms with Crippen LogP contribution in [0.1, 0.15) is 70.9 Å². The Labute approximate surface area is 226 Å². The number of benzene rings is 2. The van der Waals surface area contributed by atoms with Crippen LogP contribution >= 0.6 is 11.3 Å². The highest BCUT2D eigenvalue weighted by Gasteiger charge is 2.47. The molecular formula is C31H35F3O3S. The molecule has 3 aromatic rings. The Bertz CT molecular complexity index is 1320. The Kier molecular flexibility index (Phi) is 8.26. The van der Waals surface area contributed by atoms with Crippen LogP contribution in [0, 0.1) is 5.41 Å². The van der Waals surface area contributed by atoms with Gasteiger partial charge in [-0.1, -0.05) is 52.3 Å². The molecule has 1 fully saturated rings. The van der Waals surface area contributed by atoms with E-state index in [9.17, 15) is 18.0 Å². The molecule has 3 nitrogen and oxygen atoms in total. The van der Waals surface area contributed by atoms with E-state index in [1.54, 1.807) is 13.0 Å². The lowest BCUT2D eigenvalue weighted by Crippen LogP contribution is -2.38. The van der Waals surface area contributed by atoms with Crippen molar-refractivity contribution in [1.82, 2.24) is 0 Å². The van der Waals surface area contributed by atoms with Gasteiger partial charge < -0.3 is 9.47 Å². The molecule has 1 aliphatic rings. The van der Waals surface area contributed by atoms with Crippen molar-refractivity contribution in [3.8, 4) is 16.2 Å². The number of thiophene rings is 1. The first-order valence-electron chi connectivity index (χ1n) is 13.2. The van der Waals surface area contributed by atoms with Gasteiger partial charge in [-0.05, 0) is 73.9 Å². The summed E-state index contributed by atoms with van der Waals surface area (Å²) in [5.74, 6) is 0.252. The molecule has 0 radical (unpaired) electrons. The molecule has 0 N–H and O–H groups in total. The van der Waals surface area contributed by atoms with E-state index < -0.39 is 23.1 Å². The number of halogens is 3. The quantitative estimate of drug-likeness (QED) is 0.153. The third-order valence-electron chi connectivity index (χ3n) is 7.44. The van der Waals surface area contributed by atoms with Crippen molar-refractivity contribution in [2.45, 2.75) is 84.6 Å². The zero-order valence-corrected chi connectivity index (χ0v) is 23.2. The maximum atomic E-state index is 14.0. The summed E-state index contributed by atoms with van der Waals surface area (Å²) in [5.41, 5.74) is 0.306. The lowest BCUT2D eigenvalue weighted by molar-refractivity contribution is -0.150. The van der Waals surface area contributed by atoms with Crippen molar-refractivity contribution in [3.05, 3.63) is 65.7 Å². The maximum absolute atomic E-state index is 14.0. The van der Waals surface area contributed by atoms with Crippen molar-refractivity contribution >= 4 is 27.4 Å². The Morgan fingerprint density at radius 1 is 1.08 bits per heavy atom. The van der Waals surface area contributed by atoms with Crippen LogP contribution in [0.25, 0.3) is 20.5 Å². The van der Waals surface area contributed by atoms with E-state index in [2.05, 4.69) is 13.5 Å². The molecule has 1 saturated carbocycles. The summed E-state index contributed by atoms with van der Waals surface area (Å²) < 4.78 is 54.9. The number of rotatable bonds is 9. The number of esters is 1. The predicted molar refractivity (Wildman–Crippen MR) is 148 cm³/mol. The van der Waals surface area contributed by atoms with Gasteiger partial charge in [0.25, 0.3) is 0 Å². The third kappa shape index (κ3) is 6.09. The zero-order chi connectivity index (χ0) is 27.7. The first kappa shape index (κ1) is 28.2. The Morgan fingerprint density at radius 3 is 2.50 bits per heavy atom. The van der Waals surface area contributed by atoms with Gasteiger partial charge in [-0.25, -0.2) is 4.79 Å². The topological polar surface area (TPSA) is 35.5 Å². The fraction of sp³-hybridized carbons (Fsp3) is 0.452. The minimum Gasteiger partial charge on any atom is -0.490 e. The van der Waals surface area contributed by atoms with E-state index in [-0.39, 0.29) is 17.8 Å². The second-order valence-electron chi connectivity index (χ2n) is 10.8. The number of carbonyl (C=O) groups is 1. The Balaban J connectivity index is 1.56. The largest absolute Gasteiger partial charge is 0.490 e. The van der Waals surface area contributed by atoms with Gasteiger partial charge in [-0.3, -0.25) is 0 Å². The van der Waals surface area contributed by atoms with E-state index >= 15 is 0 Å². The van der Waals surface area contributed by atoms with Crippen molar-refractivity contribution in [2.75, 3.05) is 0 Å². The van der Waals surface area contributed by atoms with Crippen LogP contribution in [-0.2, 0) is 22.1 Å². The summed E-state index contributed by atoms with van der Waals surface area (Å²) in [6.07, 6.45) is 0.104. The van der Waals surface area contributed by atoms with Crippen LogP contribution in [0.2, 0.25) is 0 Å². The molecule has 1 heterocycles. The molecule has 204 valence electrons. The van der Waals surface area contributed by atoms with Crippen LogP contribution < -0.4 is 4.74 Å². The molecular weight excluding hydrogens is 509 g/mol. The average molecular weight is 545 g/mol. The number of hydrogen-bond donors (Lipinski definition) is 0. The molecule has 7 heteroatoms. The number of carbonyl (C=O) groups excluding carboxylic acids is 1. The summed E-state index contributed by atoms with van der Waals surface area (Å²) in [6, 6.07) is 12.2. The van der Waals surface area contributed by atoms with Crippen molar-refractivity contribution in [2.24, 2.45) is 5.41 Å². The molecule has 0 amide bonds. The number of unbranched alkanes of at least 4 members (excludes halogenated alkanes) is 2. The molecule has 38 heavy (non-hydrogen) atoms. The number of fused-ring (bicyclic) bond motifs is 1. The minimum absolute atomic E-state index is 0.167. The number of hydrogen-bond acceptors (Lipinski definition) is 4. The fourth-order valence-corrected chi connectivity index (χ4v) is 6.19. The van der Waals surface area contributed by atoms with Gasteiger partial charge in [-0.15, -0.1) is 11.3 Å². The normalized spacial score (nSPS) is 19.0. The second-order valence-corrected chi connectivity index (χ2v) is 11.9. The van der Waals surface area contributed by atoms with Gasteiger partial charge in [0.05, 0.1) is 5.56 Å². The Hall–Kier alpha value is -2.80. The van der Waals surface area contributed by atoms with E-state index in [1.165, 1.54) is 17.4 Å². The second kappa shape index (κ2) is 11.1. The average Bonchev–Trinajstić information content (AvgIpc) is 3.39. The molecule has 1 aliphatic carbocycles. The summed E-state index contributed by atoms with van der Waals surface area (Å²) >= 11 is 1.33. The van der Waals surface area contributed by atoms with Gasteiger partial charge in [0.1, 0.15) is 18.0 Å².